The Morgan fingerprint density at radius 2 is 1.59 bits per heavy atom. The molecule has 0 atom stereocenters. The highest BCUT2D eigenvalue weighted by Crippen LogP contribution is 2.10. The number of pyridine rings is 1. The number of aromatic nitrogens is 1. The van der Waals surface area contributed by atoms with Crippen LogP contribution in [0.2, 0.25) is 0 Å². The minimum absolute atomic E-state index is 0.0354. The largest absolute Gasteiger partial charge is 0.337 e. The van der Waals surface area contributed by atoms with E-state index in [0.717, 1.165) is 19.6 Å². The first kappa shape index (κ1) is 20.4. The molecule has 0 aliphatic carbocycles. The molecule has 2 heterocycles. The van der Waals surface area contributed by atoms with E-state index in [1.54, 1.807) is 24.3 Å². The van der Waals surface area contributed by atoms with Crippen LogP contribution in [0.1, 0.15) is 17.0 Å². The van der Waals surface area contributed by atoms with Crippen LogP contribution in [-0.4, -0.2) is 58.0 Å². The topological polar surface area (TPSA) is 85.8 Å². The number of amides is 2. The zero-order valence-corrected chi connectivity index (χ0v) is 16.1. The molecule has 7 heteroatoms. The number of rotatable bonds is 6. The van der Waals surface area contributed by atoms with Crippen molar-refractivity contribution in [3.05, 3.63) is 77.6 Å². The first-order valence-electron chi connectivity index (χ1n) is 9.46. The molecular weight excluding hydrogens is 368 g/mol. The van der Waals surface area contributed by atoms with Gasteiger partial charge in [-0.1, -0.05) is 36.4 Å². The van der Waals surface area contributed by atoms with Gasteiger partial charge in [0.15, 0.2) is 0 Å². The average molecular weight is 392 g/mol. The number of hydrogen-bond acceptors (Lipinski definition) is 5. The Morgan fingerprint density at radius 1 is 0.931 bits per heavy atom. The Hall–Kier alpha value is -3.29. The molecule has 1 aliphatic rings. The van der Waals surface area contributed by atoms with Crippen molar-refractivity contribution in [3.63, 3.8) is 0 Å². The summed E-state index contributed by atoms with van der Waals surface area (Å²) in [5.41, 5.74) is 3.97. The lowest BCUT2D eigenvalue weighted by molar-refractivity contribution is -0.127. The van der Waals surface area contributed by atoms with Gasteiger partial charge in [-0.3, -0.25) is 19.7 Å². The second-order valence-electron chi connectivity index (χ2n) is 6.72. The van der Waals surface area contributed by atoms with E-state index >= 15 is 0 Å². The van der Waals surface area contributed by atoms with E-state index in [0.29, 0.717) is 24.5 Å². The van der Waals surface area contributed by atoms with E-state index in [-0.39, 0.29) is 5.91 Å². The number of hydrogen-bond donors (Lipinski definition) is 2. The number of piperazine rings is 1. The second kappa shape index (κ2) is 10.3. The molecule has 1 fully saturated rings. The maximum atomic E-state index is 12.5. The van der Waals surface area contributed by atoms with Crippen LogP contribution in [0.15, 0.2) is 60.7 Å². The third-order valence-electron chi connectivity index (χ3n) is 4.64. The van der Waals surface area contributed by atoms with Crippen molar-refractivity contribution >= 4 is 24.0 Å². The molecule has 1 aromatic heterocycles. The fourth-order valence-electron chi connectivity index (χ4n) is 3.08. The molecule has 0 spiro atoms. The Balaban J connectivity index is 1.51. The van der Waals surface area contributed by atoms with E-state index in [1.165, 1.54) is 29.3 Å². The van der Waals surface area contributed by atoms with Crippen LogP contribution in [0.3, 0.4) is 0 Å². The van der Waals surface area contributed by atoms with E-state index in [1.807, 2.05) is 23.1 Å². The minimum atomic E-state index is -0.630. The standard InChI is InChI=1S/C22H24N4O3/c27-21(24-29)11-9-19-7-4-8-20(23-19)10-12-22(28)26-15-13-25(14-16-26)17-18-5-2-1-3-6-18/h1-12,29H,13-17H2,(H,24,27)/b11-9+,12-10+. The molecule has 2 aromatic rings. The number of benzene rings is 1. The summed E-state index contributed by atoms with van der Waals surface area (Å²) in [7, 11) is 0. The molecule has 2 N–H and O–H groups in total. The Kier molecular flexibility index (Phi) is 7.27. The molecule has 3 rings (SSSR count). The molecule has 0 bridgehead atoms. The van der Waals surface area contributed by atoms with Gasteiger partial charge in [-0.25, -0.2) is 10.5 Å². The highest BCUT2D eigenvalue weighted by Gasteiger charge is 2.19. The molecule has 1 saturated heterocycles. The van der Waals surface area contributed by atoms with Crippen LogP contribution in [0, 0.1) is 0 Å². The normalized spacial score (nSPS) is 15.1. The SMILES string of the molecule is O=C(/C=C/c1cccc(/C=C/C(=O)N2CCN(Cc3ccccc3)CC2)n1)NO. The zero-order chi connectivity index (χ0) is 20.5. The third-order valence-corrected chi connectivity index (χ3v) is 4.64. The summed E-state index contributed by atoms with van der Waals surface area (Å²) in [6.07, 6.45) is 5.86. The summed E-state index contributed by atoms with van der Waals surface area (Å²) in [4.78, 5) is 32.0. The van der Waals surface area contributed by atoms with Crippen molar-refractivity contribution in [2.75, 3.05) is 26.2 Å². The van der Waals surface area contributed by atoms with E-state index in [2.05, 4.69) is 22.0 Å². The summed E-state index contributed by atoms with van der Waals surface area (Å²) >= 11 is 0. The summed E-state index contributed by atoms with van der Waals surface area (Å²) in [6.45, 7) is 3.99. The molecule has 150 valence electrons. The van der Waals surface area contributed by atoms with Gasteiger partial charge in [0.25, 0.3) is 5.91 Å². The van der Waals surface area contributed by atoms with Gasteiger partial charge in [0.1, 0.15) is 0 Å². The minimum Gasteiger partial charge on any atom is -0.337 e. The van der Waals surface area contributed by atoms with Gasteiger partial charge in [0, 0.05) is 44.9 Å². The summed E-state index contributed by atoms with van der Waals surface area (Å²) in [6, 6.07) is 15.6. The van der Waals surface area contributed by atoms with Crippen molar-refractivity contribution in [2.24, 2.45) is 0 Å². The Morgan fingerprint density at radius 3 is 2.24 bits per heavy atom. The van der Waals surface area contributed by atoms with Crippen LogP contribution in [0.4, 0.5) is 0 Å². The van der Waals surface area contributed by atoms with Crippen LogP contribution >= 0.6 is 0 Å². The Bertz CT molecular complexity index is 888. The summed E-state index contributed by atoms with van der Waals surface area (Å²) in [5.74, 6) is -0.666. The fourth-order valence-corrected chi connectivity index (χ4v) is 3.08. The van der Waals surface area contributed by atoms with Crippen molar-refractivity contribution in [3.8, 4) is 0 Å². The second-order valence-corrected chi connectivity index (χ2v) is 6.72. The maximum Gasteiger partial charge on any atom is 0.267 e. The molecule has 7 nitrogen and oxygen atoms in total. The first-order valence-corrected chi connectivity index (χ1v) is 9.46. The molecular formula is C22H24N4O3. The molecule has 2 amide bonds. The first-order chi connectivity index (χ1) is 14.1. The molecule has 1 aromatic carbocycles. The number of nitrogens with one attached hydrogen (secondary N) is 1. The van der Waals surface area contributed by atoms with E-state index in [4.69, 9.17) is 5.21 Å². The quantitative estimate of drug-likeness (QED) is 0.446. The number of carbonyl (C=O) groups is 2. The van der Waals surface area contributed by atoms with Gasteiger partial charge >= 0.3 is 0 Å². The van der Waals surface area contributed by atoms with Crippen LogP contribution in [0.25, 0.3) is 12.2 Å². The fraction of sp³-hybridized carbons (Fsp3) is 0.227. The Labute approximate surface area is 169 Å². The smallest absolute Gasteiger partial charge is 0.267 e. The van der Waals surface area contributed by atoms with Crippen molar-refractivity contribution in [1.82, 2.24) is 20.3 Å². The predicted octanol–water partition coefficient (Wildman–Crippen LogP) is 1.96. The average Bonchev–Trinajstić information content (AvgIpc) is 2.77. The molecule has 0 unspecified atom stereocenters. The van der Waals surface area contributed by atoms with Gasteiger partial charge in [-0.15, -0.1) is 0 Å². The zero-order valence-electron chi connectivity index (χ0n) is 16.1. The van der Waals surface area contributed by atoms with Gasteiger partial charge < -0.3 is 4.90 Å². The van der Waals surface area contributed by atoms with Gasteiger partial charge in [0.2, 0.25) is 5.91 Å². The molecule has 0 radical (unpaired) electrons. The van der Waals surface area contributed by atoms with E-state index < -0.39 is 5.91 Å². The van der Waals surface area contributed by atoms with Crippen molar-refractivity contribution in [1.29, 1.82) is 0 Å². The van der Waals surface area contributed by atoms with Gasteiger partial charge in [0.05, 0.1) is 11.4 Å². The van der Waals surface area contributed by atoms with Crippen LogP contribution in [0.5, 0.6) is 0 Å². The molecule has 29 heavy (non-hydrogen) atoms. The highest BCUT2D eigenvalue weighted by atomic mass is 16.5. The molecule has 1 aliphatic heterocycles. The summed E-state index contributed by atoms with van der Waals surface area (Å²) < 4.78 is 0. The highest BCUT2D eigenvalue weighted by molar-refractivity contribution is 5.92. The van der Waals surface area contributed by atoms with Gasteiger partial charge in [-0.2, -0.15) is 0 Å². The number of nitrogens with zero attached hydrogens (tertiary/aromatic N) is 3. The van der Waals surface area contributed by atoms with Crippen LogP contribution in [-0.2, 0) is 16.1 Å². The van der Waals surface area contributed by atoms with E-state index in [9.17, 15) is 9.59 Å². The lowest BCUT2D eigenvalue weighted by Gasteiger charge is -2.34. The monoisotopic (exact) mass is 392 g/mol. The van der Waals surface area contributed by atoms with Crippen molar-refractivity contribution < 1.29 is 14.8 Å². The molecule has 0 saturated carbocycles. The lowest BCUT2D eigenvalue weighted by Crippen LogP contribution is -2.47. The number of hydroxylamine groups is 1. The van der Waals surface area contributed by atoms with Crippen LogP contribution < -0.4 is 5.48 Å². The third kappa shape index (κ3) is 6.38. The lowest BCUT2D eigenvalue weighted by atomic mass is 10.2. The summed E-state index contributed by atoms with van der Waals surface area (Å²) in [5, 5.41) is 8.50. The van der Waals surface area contributed by atoms with Crippen molar-refractivity contribution in [2.45, 2.75) is 6.54 Å². The predicted molar refractivity (Wildman–Crippen MR) is 111 cm³/mol. The maximum absolute atomic E-state index is 12.5. The van der Waals surface area contributed by atoms with Gasteiger partial charge in [-0.05, 0) is 29.8 Å². The number of carbonyl (C=O) groups excluding carboxylic acids is 2.